The van der Waals surface area contributed by atoms with Gasteiger partial charge in [0, 0.05) is 19.1 Å². The predicted octanol–water partition coefficient (Wildman–Crippen LogP) is 3.07. The summed E-state index contributed by atoms with van der Waals surface area (Å²) in [7, 11) is 0. The molecular weight excluding hydrogens is 220 g/mol. The molecule has 0 saturated heterocycles. The molecule has 0 aliphatic heterocycles. The molecule has 0 fully saturated rings. The molecule has 0 aliphatic rings. The lowest BCUT2D eigenvalue weighted by molar-refractivity contribution is 0.508. The lowest BCUT2D eigenvalue weighted by atomic mass is 9.87. The van der Waals surface area contributed by atoms with Crippen LogP contribution in [0.15, 0.2) is 24.3 Å². The van der Waals surface area contributed by atoms with Crippen LogP contribution in [0, 0.1) is 0 Å². The first kappa shape index (κ1) is 15.2. The highest BCUT2D eigenvalue weighted by Crippen LogP contribution is 2.22. The largest absolute Gasteiger partial charge is 0.315 e. The molecule has 2 N–H and O–H groups in total. The van der Waals surface area contributed by atoms with E-state index in [1.807, 2.05) is 0 Å². The zero-order chi connectivity index (χ0) is 13.6. The number of hydrogen-bond donors (Lipinski definition) is 2. The van der Waals surface area contributed by atoms with Gasteiger partial charge in [0.2, 0.25) is 0 Å². The van der Waals surface area contributed by atoms with Crippen molar-refractivity contribution in [3.8, 4) is 0 Å². The van der Waals surface area contributed by atoms with E-state index >= 15 is 0 Å². The maximum absolute atomic E-state index is 3.53. The quantitative estimate of drug-likeness (QED) is 0.808. The van der Waals surface area contributed by atoms with Gasteiger partial charge < -0.3 is 10.6 Å². The molecule has 0 saturated carbocycles. The van der Waals surface area contributed by atoms with Crippen LogP contribution in [0.4, 0.5) is 0 Å². The Morgan fingerprint density at radius 2 is 1.72 bits per heavy atom. The first-order valence-electron chi connectivity index (χ1n) is 6.97. The van der Waals surface area contributed by atoms with Crippen molar-refractivity contribution in [2.24, 2.45) is 0 Å². The SMILES string of the molecule is CCNCC(C)NCc1ccc(C(C)(C)C)cc1. The Hall–Kier alpha value is -0.860. The van der Waals surface area contributed by atoms with E-state index in [-0.39, 0.29) is 5.41 Å². The summed E-state index contributed by atoms with van der Waals surface area (Å²) in [5, 5.41) is 6.88. The summed E-state index contributed by atoms with van der Waals surface area (Å²) >= 11 is 0. The van der Waals surface area contributed by atoms with Gasteiger partial charge in [0.25, 0.3) is 0 Å². The maximum atomic E-state index is 3.53. The summed E-state index contributed by atoms with van der Waals surface area (Å²) in [6, 6.07) is 9.45. The monoisotopic (exact) mass is 248 g/mol. The Balaban J connectivity index is 2.44. The fraction of sp³-hybridized carbons (Fsp3) is 0.625. The Morgan fingerprint density at radius 3 is 2.22 bits per heavy atom. The van der Waals surface area contributed by atoms with E-state index in [2.05, 4.69) is 69.5 Å². The molecule has 0 heterocycles. The highest BCUT2D eigenvalue weighted by molar-refractivity contribution is 5.27. The van der Waals surface area contributed by atoms with Crippen LogP contribution in [-0.4, -0.2) is 19.1 Å². The second kappa shape index (κ2) is 6.91. The van der Waals surface area contributed by atoms with E-state index in [0.29, 0.717) is 6.04 Å². The lowest BCUT2D eigenvalue weighted by Crippen LogP contribution is -2.35. The topological polar surface area (TPSA) is 24.1 Å². The molecule has 0 amide bonds. The van der Waals surface area contributed by atoms with Gasteiger partial charge in [-0.1, -0.05) is 52.0 Å². The third-order valence-corrected chi connectivity index (χ3v) is 3.18. The minimum atomic E-state index is 0.240. The van der Waals surface area contributed by atoms with Crippen molar-refractivity contribution in [2.75, 3.05) is 13.1 Å². The van der Waals surface area contributed by atoms with Gasteiger partial charge in [-0.3, -0.25) is 0 Å². The maximum Gasteiger partial charge on any atom is 0.0208 e. The standard InChI is InChI=1S/C16H28N2/c1-6-17-11-13(2)18-12-14-7-9-15(10-8-14)16(3,4)5/h7-10,13,17-18H,6,11-12H2,1-5H3. The van der Waals surface area contributed by atoms with Crippen molar-refractivity contribution in [3.63, 3.8) is 0 Å². The molecule has 0 bridgehead atoms. The summed E-state index contributed by atoms with van der Waals surface area (Å²) < 4.78 is 0. The van der Waals surface area contributed by atoms with Gasteiger partial charge in [-0.15, -0.1) is 0 Å². The molecule has 1 atom stereocenters. The fourth-order valence-electron chi connectivity index (χ4n) is 1.85. The van der Waals surface area contributed by atoms with E-state index in [1.165, 1.54) is 11.1 Å². The molecule has 1 rings (SSSR count). The van der Waals surface area contributed by atoms with Crippen LogP contribution in [0.2, 0.25) is 0 Å². The number of nitrogens with one attached hydrogen (secondary N) is 2. The zero-order valence-electron chi connectivity index (χ0n) is 12.5. The zero-order valence-corrected chi connectivity index (χ0v) is 12.5. The van der Waals surface area contributed by atoms with Gasteiger partial charge in [0.1, 0.15) is 0 Å². The van der Waals surface area contributed by atoms with Crippen LogP contribution in [0.5, 0.6) is 0 Å². The molecular formula is C16H28N2. The van der Waals surface area contributed by atoms with Gasteiger partial charge in [-0.2, -0.15) is 0 Å². The van der Waals surface area contributed by atoms with Crippen LogP contribution in [0.1, 0.15) is 45.7 Å². The Kier molecular flexibility index (Phi) is 5.83. The number of likely N-dealkylation sites (N-methyl/N-ethyl adjacent to an activating group) is 1. The summed E-state index contributed by atoms with van der Waals surface area (Å²) in [5.74, 6) is 0. The van der Waals surface area contributed by atoms with E-state index < -0.39 is 0 Å². The Morgan fingerprint density at radius 1 is 1.11 bits per heavy atom. The van der Waals surface area contributed by atoms with Crippen molar-refractivity contribution >= 4 is 0 Å². The molecule has 0 radical (unpaired) electrons. The second-order valence-electron chi connectivity index (χ2n) is 6.04. The molecule has 2 heteroatoms. The number of hydrogen-bond acceptors (Lipinski definition) is 2. The van der Waals surface area contributed by atoms with E-state index in [4.69, 9.17) is 0 Å². The lowest BCUT2D eigenvalue weighted by Gasteiger charge is -2.19. The van der Waals surface area contributed by atoms with Gasteiger partial charge in [-0.05, 0) is 30.0 Å². The van der Waals surface area contributed by atoms with E-state index in [0.717, 1.165) is 19.6 Å². The smallest absolute Gasteiger partial charge is 0.0208 e. The predicted molar refractivity (Wildman–Crippen MR) is 80.0 cm³/mol. The third kappa shape index (κ3) is 5.19. The van der Waals surface area contributed by atoms with Crippen molar-refractivity contribution in [1.29, 1.82) is 0 Å². The Labute approximate surface area is 112 Å². The summed E-state index contributed by atoms with van der Waals surface area (Å²) in [5.41, 5.74) is 2.99. The number of rotatable bonds is 6. The van der Waals surface area contributed by atoms with Gasteiger partial charge >= 0.3 is 0 Å². The van der Waals surface area contributed by atoms with Gasteiger partial charge in [-0.25, -0.2) is 0 Å². The van der Waals surface area contributed by atoms with Crippen LogP contribution in [0.25, 0.3) is 0 Å². The minimum absolute atomic E-state index is 0.240. The molecule has 2 nitrogen and oxygen atoms in total. The number of benzene rings is 1. The van der Waals surface area contributed by atoms with Gasteiger partial charge in [0.05, 0.1) is 0 Å². The van der Waals surface area contributed by atoms with Crippen LogP contribution >= 0.6 is 0 Å². The van der Waals surface area contributed by atoms with Crippen molar-refractivity contribution in [3.05, 3.63) is 35.4 Å². The van der Waals surface area contributed by atoms with E-state index in [1.54, 1.807) is 0 Å². The molecule has 0 spiro atoms. The van der Waals surface area contributed by atoms with Crippen LogP contribution < -0.4 is 10.6 Å². The first-order chi connectivity index (χ1) is 8.43. The van der Waals surface area contributed by atoms with E-state index in [9.17, 15) is 0 Å². The molecule has 1 aromatic rings. The fourth-order valence-corrected chi connectivity index (χ4v) is 1.85. The Bertz CT molecular complexity index is 335. The molecule has 18 heavy (non-hydrogen) atoms. The van der Waals surface area contributed by atoms with Crippen molar-refractivity contribution in [1.82, 2.24) is 10.6 Å². The second-order valence-corrected chi connectivity index (χ2v) is 6.04. The molecule has 0 aliphatic carbocycles. The summed E-state index contributed by atoms with van der Waals surface area (Å²) in [4.78, 5) is 0. The average molecular weight is 248 g/mol. The van der Waals surface area contributed by atoms with Crippen molar-refractivity contribution < 1.29 is 0 Å². The average Bonchev–Trinajstić information content (AvgIpc) is 2.33. The highest BCUT2D eigenvalue weighted by Gasteiger charge is 2.12. The molecule has 0 aromatic heterocycles. The van der Waals surface area contributed by atoms with Crippen LogP contribution in [0.3, 0.4) is 0 Å². The molecule has 1 unspecified atom stereocenters. The molecule has 1 aromatic carbocycles. The third-order valence-electron chi connectivity index (χ3n) is 3.18. The summed E-state index contributed by atoms with van der Waals surface area (Å²) in [6.07, 6.45) is 0. The highest BCUT2D eigenvalue weighted by atomic mass is 15.0. The molecule has 102 valence electrons. The van der Waals surface area contributed by atoms with Gasteiger partial charge in [0.15, 0.2) is 0 Å². The van der Waals surface area contributed by atoms with Crippen LogP contribution in [-0.2, 0) is 12.0 Å². The van der Waals surface area contributed by atoms with Crippen molar-refractivity contribution in [2.45, 2.75) is 52.6 Å². The normalized spacial score (nSPS) is 13.6. The minimum Gasteiger partial charge on any atom is -0.315 e. The first-order valence-corrected chi connectivity index (χ1v) is 6.97. The summed E-state index contributed by atoms with van der Waals surface area (Å²) in [6.45, 7) is 14.1.